The standard InChI is InChI=1S/C17H24N2O.C8H10O2/c1-13(20)18(2)17-15-8-4-3-7-14(15)9-10-16(17)19-11-5-6-12-19;1-9-7-5-3-4-6-8(7)10-2/h3-4,7-8,16-17H,5-6,9-12H2,1-2H3;3-6H,1-2H3. The molecule has 1 heterocycles. The Morgan fingerprint density at radius 3 is 2.10 bits per heavy atom. The van der Waals surface area contributed by atoms with Crippen LogP contribution >= 0.6 is 0 Å². The maximum atomic E-state index is 11.9. The van der Waals surface area contributed by atoms with Crippen LogP contribution in [0.3, 0.4) is 0 Å². The van der Waals surface area contributed by atoms with Crippen molar-refractivity contribution < 1.29 is 14.3 Å². The molecule has 162 valence electrons. The van der Waals surface area contributed by atoms with Crippen molar-refractivity contribution in [1.29, 1.82) is 0 Å². The molecule has 30 heavy (non-hydrogen) atoms. The van der Waals surface area contributed by atoms with Gasteiger partial charge >= 0.3 is 0 Å². The van der Waals surface area contributed by atoms with Gasteiger partial charge in [-0.3, -0.25) is 9.69 Å². The molecular weight excluding hydrogens is 376 g/mol. The van der Waals surface area contributed by atoms with Crippen molar-refractivity contribution in [3.05, 3.63) is 59.7 Å². The summed E-state index contributed by atoms with van der Waals surface area (Å²) >= 11 is 0. The number of methoxy groups -OCH3 is 2. The van der Waals surface area contributed by atoms with Crippen molar-refractivity contribution in [2.75, 3.05) is 34.4 Å². The largest absolute Gasteiger partial charge is 0.493 e. The molecule has 1 fully saturated rings. The predicted molar refractivity (Wildman–Crippen MR) is 120 cm³/mol. The zero-order valence-corrected chi connectivity index (χ0v) is 18.6. The summed E-state index contributed by atoms with van der Waals surface area (Å²) in [5, 5.41) is 0. The number of likely N-dealkylation sites (N-methyl/N-ethyl adjacent to an activating group) is 1. The molecule has 1 aliphatic heterocycles. The van der Waals surface area contributed by atoms with Crippen LogP contribution in [0.5, 0.6) is 11.5 Å². The SMILES string of the molecule is CC(=O)N(C)C1c2ccccc2CCC1N1CCCC1.COc1ccccc1OC. The highest BCUT2D eigenvalue weighted by Gasteiger charge is 2.37. The van der Waals surface area contributed by atoms with Crippen molar-refractivity contribution in [3.8, 4) is 11.5 Å². The molecule has 4 rings (SSSR count). The Morgan fingerprint density at radius 1 is 0.967 bits per heavy atom. The summed E-state index contributed by atoms with van der Waals surface area (Å²) in [5.74, 6) is 1.70. The molecular formula is C25H34N2O3. The zero-order chi connectivity index (χ0) is 21.5. The van der Waals surface area contributed by atoms with Gasteiger partial charge in [0.25, 0.3) is 0 Å². The lowest BCUT2D eigenvalue weighted by Crippen LogP contribution is -2.47. The van der Waals surface area contributed by atoms with Gasteiger partial charge in [0.05, 0.1) is 20.3 Å². The van der Waals surface area contributed by atoms with E-state index in [1.807, 2.05) is 36.2 Å². The van der Waals surface area contributed by atoms with E-state index in [-0.39, 0.29) is 11.9 Å². The minimum atomic E-state index is 0.163. The van der Waals surface area contributed by atoms with Gasteiger partial charge in [-0.25, -0.2) is 0 Å². The molecule has 5 nitrogen and oxygen atoms in total. The zero-order valence-electron chi connectivity index (χ0n) is 18.6. The Labute approximate surface area is 180 Å². The summed E-state index contributed by atoms with van der Waals surface area (Å²) < 4.78 is 10.0. The van der Waals surface area contributed by atoms with Gasteiger partial charge in [0.15, 0.2) is 11.5 Å². The first-order valence-electron chi connectivity index (χ1n) is 10.8. The first-order chi connectivity index (χ1) is 14.6. The van der Waals surface area contributed by atoms with E-state index in [1.165, 1.54) is 43.5 Å². The van der Waals surface area contributed by atoms with Crippen LogP contribution in [-0.4, -0.2) is 56.1 Å². The molecule has 0 spiro atoms. The lowest BCUT2D eigenvalue weighted by Gasteiger charge is -2.43. The molecule has 2 aromatic rings. The average molecular weight is 411 g/mol. The van der Waals surface area contributed by atoms with Crippen LogP contribution in [0.4, 0.5) is 0 Å². The van der Waals surface area contributed by atoms with E-state index >= 15 is 0 Å². The Hall–Kier alpha value is -2.53. The Morgan fingerprint density at radius 2 is 1.53 bits per heavy atom. The van der Waals surface area contributed by atoms with Crippen LogP contribution in [0.15, 0.2) is 48.5 Å². The van der Waals surface area contributed by atoms with Crippen LogP contribution in [-0.2, 0) is 11.2 Å². The molecule has 1 saturated heterocycles. The van der Waals surface area contributed by atoms with E-state index in [2.05, 4.69) is 29.2 Å². The number of fused-ring (bicyclic) bond motifs is 1. The van der Waals surface area contributed by atoms with Crippen LogP contribution < -0.4 is 9.47 Å². The molecule has 2 unspecified atom stereocenters. The minimum absolute atomic E-state index is 0.163. The molecule has 0 saturated carbocycles. The van der Waals surface area contributed by atoms with Gasteiger partial charge < -0.3 is 14.4 Å². The van der Waals surface area contributed by atoms with Crippen LogP contribution in [0.1, 0.15) is 43.4 Å². The van der Waals surface area contributed by atoms with Crippen LogP contribution in [0, 0.1) is 0 Å². The number of rotatable bonds is 4. The number of aryl methyl sites for hydroxylation is 1. The van der Waals surface area contributed by atoms with Crippen molar-refractivity contribution in [1.82, 2.24) is 9.80 Å². The van der Waals surface area contributed by atoms with Gasteiger partial charge in [0, 0.05) is 20.0 Å². The number of hydrogen-bond acceptors (Lipinski definition) is 4. The Kier molecular flexibility index (Phi) is 7.75. The second-order valence-electron chi connectivity index (χ2n) is 7.98. The number of ether oxygens (including phenoxy) is 2. The number of amides is 1. The number of hydrogen-bond donors (Lipinski definition) is 0. The maximum absolute atomic E-state index is 11.9. The van der Waals surface area contributed by atoms with Gasteiger partial charge in [-0.05, 0) is 62.0 Å². The van der Waals surface area contributed by atoms with Gasteiger partial charge in [0.1, 0.15) is 0 Å². The topological polar surface area (TPSA) is 42.0 Å². The second kappa shape index (κ2) is 10.5. The molecule has 1 aliphatic carbocycles. The Balaban J connectivity index is 0.000000216. The van der Waals surface area contributed by atoms with E-state index < -0.39 is 0 Å². The van der Waals surface area contributed by atoms with Crippen molar-refractivity contribution >= 4 is 5.91 Å². The highest BCUT2D eigenvalue weighted by molar-refractivity contribution is 5.73. The second-order valence-corrected chi connectivity index (χ2v) is 7.98. The smallest absolute Gasteiger partial charge is 0.219 e. The fourth-order valence-corrected chi connectivity index (χ4v) is 4.62. The van der Waals surface area contributed by atoms with E-state index in [0.717, 1.165) is 17.9 Å². The molecule has 0 aromatic heterocycles. The van der Waals surface area contributed by atoms with E-state index in [0.29, 0.717) is 6.04 Å². The third-order valence-corrected chi connectivity index (χ3v) is 6.26. The molecule has 0 bridgehead atoms. The molecule has 0 radical (unpaired) electrons. The number of likely N-dealkylation sites (tertiary alicyclic amines) is 1. The highest BCUT2D eigenvalue weighted by Crippen LogP contribution is 2.37. The number of benzene rings is 2. The first-order valence-corrected chi connectivity index (χ1v) is 10.8. The van der Waals surface area contributed by atoms with Crippen molar-refractivity contribution in [3.63, 3.8) is 0 Å². The fourth-order valence-electron chi connectivity index (χ4n) is 4.62. The van der Waals surface area contributed by atoms with Gasteiger partial charge in [0.2, 0.25) is 5.91 Å². The van der Waals surface area contributed by atoms with Gasteiger partial charge in [-0.15, -0.1) is 0 Å². The van der Waals surface area contributed by atoms with Crippen LogP contribution in [0.2, 0.25) is 0 Å². The van der Waals surface area contributed by atoms with E-state index in [4.69, 9.17) is 9.47 Å². The summed E-state index contributed by atoms with van der Waals surface area (Å²) in [6, 6.07) is 16.9. The van der Waals surface area contributed by atoms with Crippen molar-refractivity contribution in [2.45, 2.75) is 44.7 Å². The molecule has 1 amide bonds. The minimum Gasteiger partial charge on any atom is -0.493 e. The summed E-state index contributed by atoms with van der Waals surface area (Å²) in [5.41, 5.74) is 2.77. The summed E-state index contributed by atoms with van der Waals surface area (Å²) in [7, 11) is 5.20. The number of carbonyl (C=O) groups excluding carboxylic acids is 1. The molecule has 5 heteroatoms. The quantitative estimate of drug-likeness (QED) is 0.753. The van der Waals surface area contributed by atoms with Gasteiger partial charge in [-0.2, -0.15) is 0 Å². The summed E-state index contributed by atoms with van der Waals surface area (Å²) in [6.07, 6.45) is 4.90. The Bertz CT molecular complexity index is 810. The molecule has 2 aromatic carbocycles. The van der Waals surface area contributed by atoms with E-state index in [9.17, 15) is 4.79 Å². The monoisotopic (exact) mass is 410 g/mol. The third kappa shape index (κ3) is 4.96. The van der Waals surface area contributed by atoms with Crippen LogP contribution in [0.25, 0.3) is 0 Å². The average Bonchev–Trinajstić information content (AvgIpc) is 3.33. The highest BCUT2D eigenvalue weighted by atomic mass is 16.5. The maximum Gasteiger partial charge on any atom is 0.219 e. The van der Waals surface area contributed by atoms with Crippen molar-refractivity contribution in [2.24, 2.45) is 0 Å². The normalized spacial score (nSPS) is 20.5. The number of nitrogens with zero attached hydrogens (tertiary/aromatic N) is 2. The summed E-state index contributed by atoms with van der Waals surface area (Å²) in [6.45, 7) is 4.06. The summed E-state index contributed by atoms with van der Waals surface area (Å²) in [4.78, 5) is 16.5. The number of para-hydroxylation sites is 2. The first kappa shape index (κ1) is 22.2. The van der Waals surface area contributed by atoms with Gasteiger partial charge in [-0.1, -0.05) is 36.4 Å². The third-order valence-electron chi connectivity index (χ3n) is 6.26. The lowest BCUT2D eigenvalue weighted by molar-refractivity contribution is -0.131. The fraction of sp³-hybridized carbons (Fsp3) is 0.480. The molecule has 2 atom stereocenters. The lowest BCUT2D eigenvalue weighted by atomic mass is 9.82. The number of carbonyl (C=O) groups is 1. The molecule has 2 aliphatic rings. The molecule has 0 N–H and O–H groups in total. The van der Waals surface area contributed by atoms with E-state index in [1.54, 1.807) is 21.1 Å². The predicted octanol–water partition coefficient (Wildman–Crippen LogP) is 4.32.